The van der Waals surface area contributed by atoms with Gasteiger partial charge in [0, 0.05) is 58.2 Å². The number of nitrogens with one attached hydrogen (secondary N) is 1. The van der Waals surface area contributed by atoms with Crippen LogP contribution in [0.3, 0.4) is 0 Å². The molecular weight excluding hydrogens is 495 g/mol. The number of likely N-dealkylation sites (tertiary alicyclic amines) is 1. The van der Waals surface area contributed by atoms with Crippen molar-refractivity contribution in [3.63, 3.8) is 0 Å². The normalized spacial score (nSPS) is 19.0. The van der Waals surface area contributed by atoms with Crippen molar-refractivity contribution in [1.29, 1.82) is 0 Å². The van der Waals surface area contributed by atoms with E-state index in [-0.39, 0.29) is 28.7 Å². The molecule has 2 unspecified atom stereocenters. The number of halogens is 3. The Balaban J connectivity index is 0.000000830. The van der Waals surface area contributed by atoms with Crippen LogP contribution in [-0.4, -0.2) is 77.1 Å². The van der Waals surface area contributed by atoms with Gasteiger partial charge in [-0.25, -0.2) is 8.51 Å². The van der Waals surface area contributed by atoms with Gasteiger partial charge in [-0.3, -0.25) is 4.79 Å². The van der Waals surface area contributed by atoms with Gasteiger partial charge in [-0.2, -0.15) is 13.2 Å². The van der Waals surface area contributed by atoms with Crippen molar-refractivity contribution in [3.05, 3.63) is 29.8 Å². The third kappa shape index (κ3) is 9.91. The second-order valence-corrected chi connectivity index (χ2v) is 10.4. The number of ketones is 1. The molecule has 36 heavy (non-hydrogen) atoms. The number of amides is 1. The summed E-state index contributed by atoms with van der Waals surface area (Å²) >= 11 is 0. The largest absolute Gasteiger partial charge is 0.416 e. The molecule has 1 aromatic carbocycles. The summed E-state index contributed by atoms with van der Waals surface area (Å²) in [4.78, 5) is 24.4. The summed E-state index contributed by atoms with van der Waals surface area (Å²) in [7, 11) is -0.0790. The van der Waals surface area contributed by atoms with E-state index in [9.17, 15) is 27.0 Å². The SMILES string of the molecule is CCC(C)=O.COCCNCCC(=O)N1CCCC(N(C2CC2)S(=O)c2cccc(C(F)(F)F)c2)C1. The van der Waals surface area contributed by atoms with Crippen LogP contribution in [-0.2, 0) is 31.5 Å². The van der Waals surface area contributed by atoms with Crippen molar-refractivity contribution in [3.8, 4) is 0 Å². The molecule has 0 spiro atoms. The molecule has 1 N–H and O–H groups in total. The van der Waals surface area contributed by atoms with E-state index in [1.54, 1.807) is 18.9 Å². The molecule has 11 heteroatoms. The van der Waals surface area contributed by atoms with Crippen LogP contribution in [0.1, 0.15) is 57.9 Å². The van der Waals surface area contributed by atoms with Gasteiger partial charge < -0.3 is 19.7 Å². The molecule has 3 rings (SSSR count). The molecule has 2 fully saturated rings. The van der Waals surface area contributed by atoms with Crippen molar-refractivity contribution in [2.24, 2.45) is 0 Å². The van der Waals surface area contributed by atoms with Crippen LogP contribution in [0.5, 0.6) is 0 Å². The van der Waals surface area contributed by atoms with Crippen molar-refractivity contribution in [2.45, 2.75) is 75.5 Å². The Bertz CT molecular complexity index is 880. The van der Waals surface area contributed by atoms with Crippen LogP contribution in [0.4, 0.5) is 13.2 Å². The first kappa shape index (κ1) is 30.4. The molecule has 1 amide bonds. The second kappa shape index (κ2) is 14.8. The van der Waals surface area contributed by atoms with Crippen LogP contribution in [0.15, 0.2) is 29.2 Å². The minimum atomic E-state index is -4.48. The predicted octanol–water partition coefficient (Wildman–Crippen LogP) is 3.79. The van der Waals surface area contributed by atoms with E-state index < -0.39 is 22.7 Å². The molecule has 2 atom stereocenters. The zero-order chi connectivity index (χ0) is 26.7. The minimum Gasteiger partial charge on any atom is -0.383 e. The van der Waals surface area contributed by atoms with E-state index in [0.717, 1.165) is 37.8 Å². The summed E-state index contributed by atoms with van der Waals surface area (Å²) in [6, 6.07) is 4.72. The van der Waals surface area contributed by atoms with Crippen molar-refractivity contribution >= 4 is 22.7 Å². The third-order valence-corrected chi connectivity index (χ3v) is 7.70. The number of methoxy groups -OCH3 is 1. The maximum Gasteiger partial charge on any atom is 0.416 e. The highest BCUT2D eigenvalue weighted by Crippen LogP contribution is 2.36. The molecule has 2 aliphatic rings. The van der Waals surface area contributed by atoms with E-state index in [1.165, 1.54) is 12.1 Å². The summed E-state index contributed by atoms with van der Waals surface area (Å²) in [5.74, 6) is 0.292. The number of alkyl halides is 3. The summed E-state index contributed by atoms with van der Waals surface area (Å²) in [5, 5.41) is 3.15. The number of carbonyl (C=O) groups excluding carboxylic acids is 2. The maximum atomic E-state index is 13.3. The van der Waals surface area contributed by atoms with Gasteiger partial charge in [0.1, 0.15) is 16.8 Å². The van der Waals surface area contributed by atoms with Crippen LogP contribution in [0.2, 0.25) is 0 Å². The molecular formula is C25H38F3N3O4S. The molecule has 1 aliphatic heterocycles. The first-order valence-electron chi connectivity index (χ1n) is 12.4. The van der Waals surface area contributed by atoms with Gasteiger partial charge in [0.2, 0.25) is 5.91 Å². The smallest absolute Gasteiger partial charge is 0.383 e. The number of hydrogen-bond acceptors (Lipinski definition) is 5. The predicted molar refractivity (Wildman–Crippen MR) is 133 cm³/mol. The number of benzene rings is 1. The molecule has 0 aromatic heterocycles. The molecule has 1 aromatic rings. The number of Topliss-reactive ketones (excluding diaryl/α,β-unsaturated/α-hetero) is 1. The van der Waals surface area contributed by atoms with Gasteiger partial charge in [-0.05, 0) is 50.8 Å². The number of piperidine rings is 1. The van der Waals surface area contributed by atoms with Crippen molar-refractivity contribution < 1.29 is 31.7 Å². The van der Waals surface area contributed by atoms with Gasteiger partial charge in [0.05, 0.1) is 17.1 Å². The van der Waals surface area contributed by atoms with Gasteiger partial charge in [0.25, 0.3) is 0 Å². The standard InChI is InChI=1S/C21H30F3N3O3S.C4H8O/c1-30-13-11-25-10-9-20(28)26-12-3-5-18(15-26)27(17-7-8-17)31(29)19-6-2-4-16(14-19)21(22,23)24;1-3-4(2)5/h2,4,6,14,17-18,25H,3,5,7-13,15H2,1H3;3H2,1-2H3. The quantitative estimate of drug-likeness (QED) is 0.438. The lowest BCUT2D eigenvalue weighted by molar-refractivity contribution is -0.137. The van der Waals surface area contributed by atoms with Crippen LogP contribution >= 0.6 is 0 Å². The Morgan fingerprint density at radius 3 is 2.47 bits per heavy atom. The van der Waals surface area contributed by atoms with E-state index in [4.69, 9.17) is 4.74 Å². The van der Waals surface area contributed by atoms with Crippen LogP contribution < -0.4 is 5.32 Å². The first-order valence-corrected chi connectivity index (χ1v) is 13.5. The summed E-state index contributed by atoms with van der Waals surface area (Å²) < 4.78 is 59.4. The lowest BCUT2D eigenvalue weighted by atomic mass is 10.1. The molecule has 1 aliphatic carbocycles. The second-order valence-electron chi connectivity index (χ2n) is 9.05. The van der Waals surface area contributed by atoms with Crippen molar-refractivity contribution in [1.82, 2.24) is 14.5 Å². The average molecular weight is 534 g/mol. The lowest BCUT2D eigenvalue weighted by Gasteiger charge is -2.38. The Hall–Kier alpha value is -1.82. The molecule has 1 saturated heterocycles. The summed E-state index contributed by atoms with van der Waals surface area (Å²) in [6.07, 6.45) is -0.128. The summed E-state index contributed by atoms with van der Waals surface area (Å²) in [5.41, 5.74) is -0.796. The Labute approximate surface area is 214 Å². The van der Waals surface area contributed by atoms with Crippen molar-refractivity contribution in [2.75, 3.05) is 39.9 Å². The molecule has 7 nitrogen and oxygen atoms in total. The number of nitrogens with zero attached hydrogens (tertiary/aromatic N) is 2. The number of ether oxygens (including phenoxy) is 1. The fraction of sp³-hybridized carbons (Fsp3) is 0.680. The highest BCUT2D eigenvalue weighted by Gasteiger charge is 2.41. The lowest BCUT2D eigenvalue weighted by Crippen LogP contribution is -2.51. The zero-order valence-electron chi connectivity index (χ0n) is 21.3. The van der Waals surface area contributed by atoms with Gasteiger partial charge in [-0.15, -0.1) is 0 Å². The number of carbonyl (C=O) groups is 2. The Kier molecular flexibility index (Phi) is 12.5. The molecule has 204 valence electrons. The minimum absolute atomic E-state index is 0.0372. The fourth-order valence-corrected chi connectivity index (χ4v) is 5.43. The Morgan fingerprint density at radius 1 is 1.19 bits per heavy atom. The van der Waals surface area contributed by atoms with E-state index in [1.807, 2.05) is 11.2 Å². The van der Waals surface area contributed by atoms with Crippen LogP contribution in [0.25, 0.3) is 0 Å². The first-order chi connectivity index (χ1) is 17.1. The molecule has 1 heterocycles. The fourth-order valence-electron chi connectivity index (χ4n) is 3.84. The van der Waals surface area contributed by atoms with E-state index in [0.29, 0.717) is 45.6 Å². The average Bonchev–Trinajstić information content (AvgIpc) is 3.69. The van der Waals surface area contributed by atoms with E-state index in [2.05, 4.69) is 5.32 Å². The van der Waals surface area contributed by atoms with E-state index >= 15 is 0 Å². The van der Waals surface area contributed by atoms with Gasteiger partial charge >= 0.3 is 6.18 Å². The van der Waals surface area contributed by atoms with Crippen LogP contribution in [0, 0.1) is 0 Å². The van der Waals surface area contributed by atoms with Gasteiger partial charge in [0.15, 0.2) is 0 Å². The maximum absolute atomic E-state index is 13.3. The third-order valence-electron chi connectivity index (χ3n) is 6.07. The zero-order valence-corrected chi connectivity index (χ0v) is 22.1. The monoisotopic (exact) mass is 533 g/mol. The highest BCUT2D eigenvalue weighted by molar-refractivity contribution is 7.82. The Morgan fingerprint density at radius 2 is 1.89 bits per heavy atom. The molecule has 0 bridgehead atoms. The molecule has 1 saturated carbocycles. The molecule has 0 radical (unpaired) electrons. The topological polar surface area (TPSA) is 79.0 Å². The number of rotatable bonds is 11. The summed E-state index contributed by atoms with van der Waals surface area (Å²) in [6.45, 7) is 6.37. The van der Waals surface area contributed by atoms with Gasteiger partial charge in [-0.1, -0.05) is 13.0 Å². The highest BCUT2D eigenvalue weighted by atomic mass is 32.2. The number of hydrogen-bond donors (Lipinski definition) is 1.